The van der Waals surface area contributed by atoms with Gasteiger partial charge >= 0.3 is 0 Å². The molecule has 0 aliphatic carbocycles. The quantitative estimate of drug-likeness (QED) is 0.129. The van der Waals surface area contributed by atoms with Gasteiger partial charge in [-0.05, 0) is 81.5 Å². The molecule has 0 heterocycles. The highest BCUT2D eigenvalue weighted by molar-refractivity contribution is 5.36. The summed E-state index contributed by atoms with van der Waals surface area (Å²) < 4.78 is 17.4. The molecule has 3 heteroatoms. The molecule has 0 saturated carbocycles. The third-order valence-electron chi connectivity index (χ3n) is 8.35. The Labute approximate surface area is 306 Å². The van der Waals surface area contributed by atoms with E-state index in [4.69, 9.17) is 14.2 Å². The molecule has 0 fully saturated rings. The Kier molecular flexibility index (Phi) is 15.9. The first kappa shape index (κ1) is 38.5. The van der Waals surface area contributed by atoms with Crippen molar-refractivity contribution in [1.82, 2.24) is 0 Å². The summed E-state index contributed by atoms with van der Waals surface area (Å²) in [6.07, 6.45) is 0. The molecule has 3 nitrogen and oxygen atoms in total. The van der Waals surface area contributed by atoms with Gasteiger partial charge in [0.25, 0.3) is 0 Å². The Morgan fingerprint density at radius 3 is 1.29 bits per heavy atom. The van der Waals surface area contributed by atoms with E-state index in [1.165, 1.54) is 33.4 Å². The standard InChI is InChI=1S/3C16H18O/c1-13(2)15-10-6-7-11-16(15)17-12-14-8-4-3-5-9-14;1-13(2)15-9-6-10-16(11-15)17-12-14-7-4-3-5-8-14;1-13(2)15-8-10-16(11-9-15)17-12-14-6-4-3-5-7-14/h3*3-11,13H,12H2,1-2H3. The van der Waals surface area contributed by atoms with E-state index in [0.717, 1.165) is 17.2 Å². The van der Waals surface area contributed by atoms with Gasteiger partial charge in [0.15, 0.2) is 0 Å². The van der Waals surface area contributed by atoms with Gasteiger partial charge in [-0.1, -0.05) is 175 Å². The van der Waals surface area contributed by atoms with Gasteiger partial charge in [0, 0.05) is 0 Å². The average Bonchev–Trinajstić information content (AvgIpc) is 3.17. The van der Waals surface area contributed by atoms with Gasteiger partial charge in [0.1, 0.15) is 37.1 Å². The second-order valence-electron chi connectivity index (χ2n) is 13.5. The van der Waals surface area contributed by atoms with E-state index in [9.17, 15) is 0 Å². The van der Waals surface area contributed by atoms with Gasteiger partial charge < -0.3 is 14.2 Å². The predicted molar refractivity (Wildman–Crippen MR) is 214 cm³/mol. The zero-order valence-electron chi connectivity index (χ0n) is 31.2. The minimum absolute atomic E-state index is 0.488. The number of hydrogen-bond donors (Lipinski definition) is 0. The molecular formula is C48H54O3. The molecule has 6 aromatic rings. The maximum absolute atomic E-state index is 5.88. The van der Waals surface area contributed by atoms with Crippen molar-refractivity contribution in [1.29, 1.82) is 0 Å². The van der Waals surface area contributed by atoms with Crippen LogP contribution in [0.25, 0.3) is 0 Å². The van der Waals surface area contributed by atoms with Crippen molar-refractivity contribution in [3.05, 3.63) is 197 Å². The van der Waals surface area contributed by atoms with Crippen LogP contribution in [0.3, 0.4) is 0 Å². The van der Waals surface area contributed by atoms with Crippen molar-refractivity contribution in [2.24, 2.45) is 0 Å². The summed E-state index contributed by atoms with van der Waals surface area (Å²) in [6.45, 7) is 15.0. The van der Waals surface area contributed by atoms with Crippen LogP contribution < -0.4 is 14.2 Å². The molecule has 6 aromatic carbocycles. The van der Waals surface area contributed by atoms with Crippen molar-refractivity contribution >= 4 is 0 Å². The first-order valence-corrected chi connectivity index (χ1v) is 18.1. The summed E-state index contributed by atoms with van der Waals surface area (Å²) >= 11 is 0. The van der Waals surface area contributed by atoms with Crippen molar-refractivity contribution in [3.63, 3.8) is 0 Å². The fourth-order valence-corrected chi connectivity index (χ4v) is 5.22. The van der Waals surface area contributed by atoms with Crippen LogP contribution in [0.2, 0.25) is 0 Å². The number of rotatable bonds is 12. The lowest BCUT2D eigenvalue weighted by Gasteiger charge is -2.13. The zero-order valence-corrected chi connectivity index (χ0v) is 31.2. The lowest BCUT2D eigenvalue weighted by Crippen LogP contribution is -1.99. The first-order valence-electron chi connectivity index (χ1n) is 18.1. The highest BCUT2D eigenvalue weighted by Gasteiger charge is 2.07. The third-order valence-corrected chi connectivity index (χ3v) is 8.35. The molecule has 0 amide bonds. The number of benzene rings is 6. The fourth-order valence-electron chi connectivity index (χ4n) is 5.22. The highest BCUT2D eigenvalue weighted by atomic mass is 16.5. The second-order valence-corrected chi connectivity index (χ2v) is 13.5. The predicted octanol–water partition coefficient (Wildman–Crippen LogP) is 13.2. The normalized spacial score (nSPS) is 10.5. The van der Waals surface area contributed by atoms with Gasteiger partial charge in [-0.2, -0.15) is 0 Å². The zero-order chi connectivity index (χ0) is 36.3. The Hall–Kier alpha value is -5.28. The summed E-state index contributed by atoms with van der Waals surface area (Å²) in [5.74, 6) is 4.46. The smallest absolute Gasteiger partial charge is 0.123 e. The van der Waals surface area contributed by atoms with Crippen molar-refractivity contribution < 1.29 is 14.2 Å². The van der Waals surface area contributed by atoms with Gasteiger partial charge in [-0.25, -0.2) is 0 Å². The second kappa shape index (κ2) is 21.1. The highest BCUT2D eigenvalue weighted by Crippen LogP contribution is 2.26. The maximum Gasteiger partial charge on any atom is 0.123 e. The van der Waals surface area contributed by atoms with Gasteiger partial charge in [0.2, 0.25) is 0 Å². The van der Waals surface area contributed by atoms with E-state index in [-0.39, 0.29) is 0 Å². The van der Waals surface area contributed by atoms with E-state index in [1.54, 1.807) is 0 Å². The van der Waals surface area contributed by atoms with E-state index in [0.29, 0.717) is 37.6 Å². The molecule has 0 bridgehead atoms. The van der Waals surface area contributed by atoms with Crippen molar-refractivity contribution in [2.75, 3.05) is 0 Å². The minimum Gasteiger partial charge on any atom is -0.489 e. The van der Waals surface area contributed by atoms with Crippen LogP contribution in [0.15, 0.2) is 164 Å². The lowest BCUT2D eigenvalue weighted by atomic mass is 10.0. The Balaban J connectivity index is 0.000000172. The molecular weight excluding hydrogens is 625 g/mol. The minimum atomic E-state index is 0.488. The van der Waals surface area contributed by atoms with Crippen LogP contribution in [0.4, 0.5) is 0 Å². The van der Waals surface area contributed by atoms with E-state index < -0.39 is 0 Å². The number of hydrogen-bond acceptors (Lipinski definition) is 3. The van der Waals surface area contributed by atoms with E-state index >= 15 is 0 Å². The summed E-state index contributed by atoms with van der Waals surface area (Å²) in [5, 5.41) is 0. The van der Waals surface area contributed by atoms with Crippen LogP contribution in [-0.4, -0.2) is 0 Å². The van der Waals surface area contributed by atoms with Crippen LogP contribution >= 0.6 is 0 Å². The number of para-hydroxylation sites is 1. The van der Waals surface area contributed by atoms with E-state index in [1.807, 2.05) is 84.9 Å². The molecule has 0 aromatic heterocycles. The SMILES string of the molecule is CC(C)c1ccc(OCc2ccccc2)cc1.CC(C)c1cccc(OCc2ccccc2)c1.CC(C)c1ccccc1OCc1ccccc1. The molecule has 0 aliphatic heterocycles. The summed E-state index contributed by atoms with van der Waals surface area (Å²) in [7, 11) is 0. The van der Waals surface area contributed by atoms with Gasteiger partial charge in [-0.15, -0.1) is 0 Å². The molecule has 0 spiro atoms. The van der Waals surface area contributed by atoms with Crippen LogP contribution in [-0.2, 0) is 19.8 Å². The Morgan fingerprint density at radius 1 is 0.353 bits per heavy atom. The molecule has 0 atom stereocenters. The molecule has 51 heavy (non-hydrogen) atoms. The molecule has 264 valence electrons. The summed E-state index contributed by atoms with van der Waals surface area (Å²) in [4.78, 5) is 0. The first-order chi connectivity index (χ1) is 24.8. The van der Waals surface area contributed by atoms with Gasteiger partial charge in [-0.3, -0.25) is 0 Å². The third kappa shape index (κ3) is 13.9. The molecule has 0 unspecified atom stereocenters. The topological polar surface area (TPSA) is 27.7 Å². The maximum atomic E-state index is 5.88. The van der Waals surface area contributed by atoms with Crippen LogP contribution in [0.1, 0.15) is 92.7 Å². The fraction of sp³-hybridized carbons (Fsp3) is 0.250. The van der Waals surface area contributed by atoms with Crippen LogP contribution in [0.5, 0.6) is 17.2 Å². The monoisotopic (exact) mass is 678 g/mol. The molecule has 0 N–H and O–H groups in total. The molecule has 0 aliphatic rings. The largest absolute Gasteiger partial charge is 0.489 e. The summed E-state index contributed by atoms with van der Waals surface area (Å²) in [5.41, 5.74) is 7.52. The molecule has 0 radical (unpaired) electrons. The molecule has 0 saturated heterocycles. The van der Waals surface area contributed by atoms with Crippen LogP contribution in [0, 0.1) is 0 Å². The average molecular weight is 679 g/mol. The van der Waals surface area contributed by atoms with Crippen molar-refractivity contribution in [2.45, 2.75) is 79.1 Å². The Morgan fingerprint density at radius 2 is 0.804 bits per heavy atom. The number of ether oxygens (including phenoxy) is 3. The summed E-state index contributed by atoms with van der Waals surface area (Å²) in [6, 6.07) is 55.6. The lowest BCUT2D eigenvalue weighted by molar-refractivity contribution is 0.302. The van der Waals surface area contributed by atoms with Crippen molar-refractivity contribution in [3.8, 4) is 17.2 Å². The Bertz CT molecular complexity index is 1800. The van der Waals surface area contributed by atoms with E-state index in [2.05, 4.69) is 120 Å². The van der Waals surface area contributed by atoms with Gasteiger partial charge in [0.05, 0.1) is 0 Å². The molecule has 6 rings (SSSR count).